The molecule has 0 radical (unpaired) electrons. The monoisotopic (exact) mass is 1780 g/mol. The summed E-state index contributed by atoms with van der Waals surface area (Å²) in [7, 11) is 2.88. The number of hydrogen-bond acceptors (Lipinski definition) is 27. The molecule has 20 rings (SSSR count). The summed E-state index contributed by atoms with van der Waals surface area (Å²) in [5, 5.41) is 22.0. The van der Waals surface area contributed by atoms with Crippen molar-refractivity contribution < 1.29 is 61.4 Å². The highest BCUT2D eigenvalue weighted by atomic mass is 19.1. The highest BCUT2D eigenvalue weighted by Gasteiger charge is 2.46. The van der Waals surface area contributed by atoms with Crippen LogP contribution in [0.2, 0.25) is 0 Å². The number of hydrogen-bond donors (Lipinski definition) is 6. The smallest absolute Gasteiger partial charge is 0.262 e. The minimum atomic E-state index is -0.978. The van der Waals surface area contributed by atoms with E-state index in [4.69, 9.17) is 31.1 Å². The number of nitrogens with two attached hydrogens (primary N) is 2. The van der Waals surface area contributed by atoms with Crippen LogP contribution in [0.5, 0.6) is 11.5 Å². The lowest BCUT2D eigenvalue weighted by atomic mass is 9.99. The van der Waals surface area contributed by atoms with Gasteiger partial charge in [-0.2, -0.15) is 10.2 Å². The van der Waals surface area contributed by atoms with E-state index in [0.717, 1.165) is 230 Å². The summed E-state index contributed by atoms with van der Waals surface area (Å²) in [5.41, 5.74) is 23.6. The quantitative estimate of drug-likeness (QED) is 0.0392. The van der Waals surface area contributed by atoms with Gasteiger partial charge in [-0.15, -0.1) is 0 Å². The maximum atomic E-state index is 13.9. The van der Waals surface area contributed by atoms with Crippen LogP contribution < -0.4 is 52.0 Å². The average molecular weight is 1780 g/mol. The number of carbonyl (C=O) groups excluding carboxylic acids is 9. The molecule has 9 amide bonds. The van der Waals surface area contributed by atoms with Crippen LogP contribution in [-0.2, 0) is 38.8 Å². The Bertz CT molecular complexity index is 6090. The number of nitrogens with one attached hydrogen (secondary N) is 4. The molecule has 4 aromatic heterocycles. The van der Waals surface area contributed by atoms with Gasteiger partial charge >= 0.3 is 0 Å². The molecule has 14 heterocycles. The van der Waals surface area contributed by atoms with E-state index in [9.17, 15) is 51.9 Å². The summed E-state index contributed by atoms with van der Waals surface area (Å²) in [4.78, 5) is 154. The molecule has 8 N–H and O–H groups in total. The maximum Gasteiger partial charge on any atom is 0.262 e. The van der Waals surface area contributed by atoms with E-state index in [0.29, 0.717) is 81.6 Å². The molecular weight excluding hydrogens is 1680 g/mol. The van der Waals surface area contributed by atoms with Gasteiger partial charge in [0.1, 0.15) is 70.9 Å². The number of ether oxygens (including phenoxy) is 2. The van der Waals surface area contributed by atoms with Crippen LogP contribution in [0.3, 0.4) is 0 Å². The number of piperazine rings is 2. The highest BCUT2D eigenvalue weighted by Crippen LogP contribution is 2.40. The molecule has 10 aliphatic heterocycles. The predicted molar refractivity (Wildman–Crippen MR) is 482 cm³/mol. The zero-order valence-electron chi connectivity index (χ0n) is 73.0. The molecule has 1 unspecified atom stereocenters. The van der Waals surface area contributed by atoms with Crippen molar-refractivity contribution in [2.75, 3.05) is 166 Å². The van der Waals surface area contributed by atoms with Gasteiger partial charge in [0.05, 0.1) is 59.3 Å². The number of rotatable bonds is 24. The summed E-state index contributed by atoms with van der Waals surface area (Å²) < 4.78 is 42.2. The normalized spacial score (nSPS) is 20.2. The number of nitrogens with zero attached hydrogens (tertiary/aromatic N) is 18. The number of piperidine rings is 4. The minimum Gasteiger partial charge on any atom is -0.496 e. The standard InChI is InChI=1S/C47H51FN12O6.C47H53FN12O5/c1-66-38-10-6-30(48)22-36(38)44(62)50-24-28-2-4-29(5-3-28)41-40-42(49)51-27-52-43(40)60(54-41)31-12-14-57(15-13-31)33-25-56(26-33)17-16-55-18-20-58(21-19-55)32-7-8-34-35(23-32)47(65)59(46(34)64)37-9-11-39(61)53-45(37)63;1-65-39-10-6-32(48)23-37(39)45(62)50-24-29-2-4-30(5-3-29)42-41-43(49)51-28-52-44(41)60(54-42)33-12-14-57(15-13-33)35-26-56(27-35)17-16-55-18-20-58(21-19-55)34-7-8-36-31(22-34)25-59(47(36)64)38-9-11-40(61)53-46(38)63/h2-8,10,22-23,27,31,33,37H,9,11-21,24-26H2,1H3,(H,50,62)(H2,49,51,52)(H,53,61,63);2-8,10,22-23,28,33,35,38H,9,11-21,24-27H2,1H3,(H,50,62)(H2,49,51,52)(H,53,61,63)/t;38-/m.0/s1. The first kappa shape index (κ1) is 87.0. The number of carbonyl (C=O) groups is 9. The number of methoxy groups -OCH3 is 2. The van der Waals surface area contributed by atoms with Crippen molar-refractivity contribution in [2.45, 2.75) is 107 Å². The Morgan fingerprint density at radius 3 is 1.33 bits per heavy atom. The van der Waals surface area contributed by atoms with Gasteiger partial charge in [-0.05, 0) is 128 Å². The molecule has 8 saturated heterocycles. The number of amides is 9. The predicted octanol–water partition coefficient (Wildman–Crippen LogP) is 5.76. The summed E-state index contributed by atoms with van der Waals surface area (Å²) in [6.07, 6.45) is 7.58. The fourth-order valence-corrected chi connectivity index (χ4v) is 20.1. The zero-order chi connectivity index (χ0) is 90.4. The molecule has 2 atom stereocenters. The Morgan fingerprint density at radius 1 is 0.450 bits per heavy atom. The Hall–Kier alpha value is -13.3. The Balaban J connectivity index is 0.000000169. The fourth-order valence-electron chi connectivity index (χ4n) is 20.1. The molecule has 10 aliphatic rings. The number of aromatic nitrogens is 8. The molecule has 0 bridgehead atoms. The summed E-state index contributed by atoms with van der Waals surface area (Å²) in [6.45, 7) is 20.2. The molecule has 35 nitrogen and oxygen atoms in total. The molecule has 6 aromatic carbocycles. The van der Waals surface area contributed by atoms with Crippen LogP contribution in [0.1, 0.15) is 132 Å². The number of anilines is 4. The van der Waals surface area contributed by atoms with E-state index in [1.54, 1.807) is 17.0 Å². The SMILES string of the molecule is COc1ccc(F)cc1C(=O)NCc1ccc(-c2nn(C3CCN(C4CN(CCN5CCN(c6ccc7c(c6)C(=O)N(C6CCC(=O)NC6=O)C7=O)CC5)C4)CC3)c3ncnc(N)c23)cc1.COc1ccc(F)cc1C(=O)NCc1ccc(-c2nn(C3CCN(C4CN(CCN5CCN(c6ccc7c(c6)CN([C@H]6CCC(=O)NC6=O)C7=O)CC5)C4)CC3)c3ncnc(N)c23)cc1. The second-order valence-corrected chi connectivity index (χ2v) is 35.4. The van der Waals surface area contributed by atoms with Crippen LogP contribution in [-0.4, -0.2) is 301 Å². The average Bonchev–Trinajstić information content (AvgIpc) is 1.62. The number of imide groups is 3. The molecule has 10 aromatic rings. The molecule has 8 fully saturated rings. The highest BCUT2D eigenvalue weighted by molar-refractivity contribution is 6.24. The van der Waals surface area contributed by atoms with Gasteiger partial charge < -0.3 is 46.3 Å². The number of halogens is 2. The van der Waals surface area contributed by atoms with E-state index >= 15 is 0 Å². The van der Waals surface area contributed by atoms with Crippen LogP contribution in [0.25, 0.3) is 44.6 Å². The number of likely N-dealkylation sites (tertiary alicyclic amines) is 4. The van der Waals surface area contributed by atoms with Gasteiger partial charge in [0.15, 0.2) is 11.3 Å². The third kappa shape index (κ3) is 17.9. The Kier molecular flexibility index (Phi) is 24.8. The van der Waals surface area contributed by atoms with E-state index < -0.39 is 59.2 Å². The third-order valence-corrected chi connectivity index (χ3v) is 27.7. The number of fused-ring (bicyclic) bond motifs is 4. The van der Waals surface area contributed by atoms with Gasteiger partial charge in [-0.25, -0.2) is 38.1 Å². The van der Waals surface area contributed by atoms with Crippen molar-refractivity contribution in [3.05, 3.63) is 190 Å². The van der Waals surface area contributed by atoms with E-state index in [1.165, 1.54) is 51.1 Å². The van der Waals surface area contributed by atoms with E-state index in [2.05, 4.69) is 86.5 Å². The first-order chi connectivity index (χ1) is 63.6. The summed E-state index contributed by atoms with van der Waals surface area (Å²) in [6, 6.07) is 34.3. The first-order valence-electron chi connectivity index (χ1n) is 45.0. The lowest BCUT2D eigenvalue weighted by molar-refractivity contribution is -0.138. The molecule has 680 valence electrons. The van der Waals surface area contributed by atoms with Crippen molar-refractivity contribution in [2.24, 2.45) is 0 Å². The maximum absolute atomic E-state index is 13.9. The van der Waals surface area contributed by atoms with Crippen LogP contribution in [0.15, 0.2) is 134 Å². The van der Waals surface area contributed by atoms with E-state index in [-0.39, 0.29) is 73.3 Å². The lowest BCUT2D eigenvalue weighted by Crippen LogP contribution is -2.62. The lowest BCUT2D eigenvalue weighted by Gasteiger charge is -2.48. The topological polar surface area (TPSA) is 392 Å². The Morgan fingerprint density at radius 2 is 0.878 bits per heavy atom. The van der Waals surface area contributed by atoms with Crippen molar-refractivity contribution in [1.29, 1.82) is 0 Å². The van der Waals surface area contributed by atoms with Crippen molar-refractivity contribution in [3.63, 3.8) is 0 Å². The van der Waals surface area contributed by atoms with Crippen LogP contribution in [0.4, 0.5) is 31.8 Å². The Labute approximate surface area is 753 Å². The second-order valence-electron chi connectivity index (χ2n) is 35.4. The summed E-state index contributed by atoms with van der Waals surface area (Å²) in [5.74, 6) is -3.34. The van der Waals surface area contributed by atoms with E-state index in [1.807, 2.05) is 76.1 Å². The number of benzene rings is 6. The number of nitrogen functional groups attached to an aromatic ring is 2. The van der Waals surface area contributed by atoms with Crippen molar-refractivity contribution >= 4 is 98.2 Å². The molecule has 37 heteroatoms. The molecule has 0 spiro atoms. The third-order valence-electron chi connectivity index (χ3n) is 27.7. The van der Waals surface area contributed by atoms with Gasteiger partial charge in [0.25, 0.3) is 29.5 Å². The summed E-state index contributed by atoms with van der Waals surface area (Å²) >= 11 is 0. The van der Waals surface area contributed by atoms with Gasteiger partial charge in [0.2, 0.25) is 23.6 Å². The van der Waals surface area contributed by atoms with Crippen molar-refractivity contribution in [3.8, 4) is 34.0 Å². The molecule has 131 heavy (non-hydrogen) atoms. The van der Waals surface area contributed by atoms with Crippen molar-refractivity contribution in [1.82, 2.24) is 100.0 Å². The zero-order valence-corrected chi connectivity index (χ0v) is 73.0. The fraction of sp³-hybridized carbons (Fsp3) is 0.415. The van der Waals surface area contributed by atoms with Gasteiger partial charge in [-0.3, -0.25) is 88.1 Å². The molecule has 0 saturated carbocycles. The van der Waals surface area contributed by atoms with Crippen LogP contribution >= 0.6 is 0 Å². The second kappa shape index (κ2) is 37.3. The largest absolute Gasteiger partial charge is 0.496 e. The van der Waals surface area contributed by atoms with Gasteiger partial charge in [-0.1, -0.05) is 48.5 Å². The molecular formula is C94H104F2N24O11. The van der Waals surface area contributed by atoms with Crippen LogP contribution in [0, 0.1) is 11.6 Å². The van der Waals surface area contributed by atoms with Gasteiger partial charge in [0, 0.05) is 204 Å². The first-order valence-corrected chi connectivity index (χ1v) is 45.0. The molecule has 0 aliphatic carbocycles. The minimum absolute atomic E-state index is 0.0880.